The number of hydrogen-bond donors (Lipinski definition) is 3. The van der Waals surface area contributed by atoms with Crippen molar-refractivity contribution >= 4 is 34.1 Å². The van der Waals surface area contributed by atoms with Gasteiger partial charge in [-0.05, 0) is 20.8 Å². The molecule has 0 unspecified atom stereocenters. The summed E-state index contributed by atoms with van der Waals surface area (Å²) in [5.41, 5.74) is 6.21. The molecule has 0 aromatic carbocycles. The number of Topliss-reactive ketones (excluding diaryl/α,β-unsaturated/α-hetero) is 2. The van der Waals surface area contributed by atoms with Crippen LogP contribution in [-0.4, -0.2) is 65.6 Å². The van der Waals surface area contributed by atoms with Crippen LogP contribution in [0.15, 0.2) is 22.5 Å². The van der Waals surface area contributed by atoms with Gasteiger partial charge in [-0.3, -0.25) is 9.59 Å². The number of nitrogens with two attached hydrogens (primary N) is 1. The van der Waals surface area contributed by atoms with E-state index in [1.807, 2.05) is 18.7 Å². The van der Waals surface area contributed by atoms with E-state index in [0.29, 0.717) is 28.5 Å². The van der Waals surface area contributed by atoms with Crippen LogP contribution in [0.3, 0.4) is 0 Å². The van der Waals surface area contributed by atoms with Gasteiger partial charge in [0.25, 0.3) is 0 Å². The molecule has 10 nitrogen and oxygen atoms in total. The number of amides is 1. The fraction of sp³-hybridized carbons (Fsp3) is 0.500. The Morgan fingerprint density at radius 1 is 1.35 bits per heavy atom. The average molecular weight is 446 g/mol. The summed E-state index contributed by atoms with van der Waals surface area (Å²) in [5, 5.41) is 6.94. The smallest absolute Gasteiger partial charge is 0.404 e. The lowest BCUT2D eigenvalue weighted by Gasteiger charge is -2.39. The first kappa shape index (κ1) is 20.2. The zero-order valence-electron chi connectivity index (χ0n) is 17.6. The molecule has 0 spiro atoms. The molecule has 2 fully saturated rings. The van der Waals surface area contributed by atoms with Crippen LogP contribution in [-0.2, 0) is 19.1 Å². The van der Waals surface area contributed by atoms with Gasteiger partial charge < -0.3 is 30.7 Å². The van der Waals surface area contributed by atoms with E-state index >= 15 is 0 Å². The molecule has 11 heteroatoms. The van der Waals surface area contributed by atoms with E-state index in [-0.39, 0.29) is 36.0 Å². The maximum Gasteiger partial charge on any atom is 0.404 e. The number of methoxy groups -OCH3 is 1. The number of anilines is 1. The van der Waals surface area contributed by atoms with Crippen molar-refractivity contribution in [2.24, 2.45) is 11.7 Å². The summed E-state index contributed by atoms with van der Waals surface area (Å²) in [5.74, 6) is -1.23. The number of fused-ring (bicyclic) bond motifs is 4. The Bertz CT molecular complexity index is 1090. The molecule has 164 valence electrons. The maximum atomic E-state index is 13.7. The Hall–Kier alpha value is -2.76. The van der Waals surface area contributed by atoms with Crippen molar-refractivity contribution in [3.8, 4) is 0 Å². The fourth-order valence-corrected chi connectivity index (χ4v) is 5.89. The third-order valence-corrected chi connectivity index (χ3v) is 7.68. The number of allylic oxidation sites excluding steroid dienone is 2. The van der Waals surface area contributed by atoms with E-state index in [1.54, 1.807) is 14.0 Å². The summed E-state index contributed by atoms with van der Waals surface area (Å²) in [6.07, 6.45) is -0.946. The fourth-order valence-electron chi connectivity index (χ4n) is 5.07. The Balaban J connectivity index is 1.57. The Morgan fingerprint density at radius 2 is 2.10 bits per heavy atom. The van der Waals surface area contributed by atoms with Crippen molar-refractivity contribution in [1.82, 2.24) is 15.2 Å². The zero-order valence-corrected chi connectivity index (χ0v) is 18.4. The minimum Gasteiger partial charge on any atom is -0.449 e. The van der Waals surface area contributed by atoms with Gasteiger partial charge in [0.05, 0.1) is 29.0 Å². The van der Waals surface area contributed by atoms with Gasteiger partial charge in [-0.2, -0.15) is 0 Å². The number of aromatic nitrogens is 1. The first-order chi connectivity index (χ1) is 14.7. The maximum absolute atomic E-state index is 13.7. The van der Waals surface area contributed by atoms with Crippen LogP contribution >= 0.6 is 11.3 Å². The van der Waals surface area contributed by atoms with Crippen LogP contribution < -0.4 is 16.4 Å². The normalized spacial score (nSPS) is 31.1. The molecule has 4 atom stereocenters. The third kappa shape index (κ3) is 2.63. The molecule has 0 bridgehead atoms. The predicted octanol–water partition coefficient (Wildman–Crippen LogP) is 0.576. The highest BCUT2D eigenvalue weighted by atomic mass is 32.1. The number of carbonyl (C=O) groups is 3. The lowest BCUT2D eigenvalue weighted by atomic mass is 9.82. The second kappa shape index (κ2) is 6.62. The van der Waals surface area contributed by atoms with Crippen molar-refractivity contribution in [2.75, 3.05) is 25.6 Å². The first-order valence-electron chi connectivity index (χ1n) is 9.97. The molecular formula is C20H23N5O5S. The van der Waals surface area contributed by atoms with Crippen LogP contribution in [0.2, 0.25) is 0 Å². The molecule has 0 saturated carbocycles. The third-order valence-electron chi connectivity index (χ3n) is 6.69. The minimum atomic E-state index is -0.986. The molecule has 5 rings (SSSR count). The summed E-state index contributed by atoms with van der Waals surface area (Å²) < 4.78 is 11.1. The Labute approximate surface area is 182 Å². The quantitative estimate of drug-likeness (QED) is 0.437. The van der Waals surface area contributed by atoms with E-state index in [9.17, 15) is 14.4 Å². The number of primary amides is 1. The van der Waals surface area contributed by atoms with Gasteiger partial charge in [0.15, 0.2) is 10.9 Å². The van der Waals surface area contributed by atoms with Crippen molar-refractivity contribution in [3.63, 3.8) is 0 Å². The number of hydrogen-bond acceptors (Lipinski definition) is 10. The summed E-state index contributed by atoms with van der Waals surface area (Å²) in [7, 11) is 1.54. The van der Waals surface area contributed by atoms with Gasteiger partial charge >= 0.3 is 6.09 Å². The van der Waals surface area contributed by atoms with Crippen LogP contribution in [0.25, 0.3) is 0 Å². The molecule has 0 radical (unpaired) electrons. The molecule has 1 aromatic heterocycles. The molecule has 1 aliphatic carbocycles. The highest BCUT2D eigenvalue weighted by Gasteiger charge is 2.72. The topological polar surface area (TPSA) is 146 Å². The molecule has 31 heavy (non-hydrogen) atoms. The first-order valence-corrected chi connectivity index (χ1v) is 10.8. The number of aryl methyl sites for hydroxylation is 2. The molecule has 4 N–H and O–H groups in total. The van der Waals surface area contributed by atoms with Crippen molar-refractivity contribution < 1.29 is 23.9 Å². The van der Waals surface area contributed by atoms with Gasteiger partial charge in [-0.25, -0.2) is 9.78 Å². The van der Waals surface area contributed by atoms with Crippen LogP contribution in [0, 0.1) is 19.8 Å². The molecule has 4 aliphatic rings. The van der Waals surface area contributed by atoms with Gasteiger partial charge in [0.1, 0.15) is 6.61 Å². The minimum absolute atomic E-state index is 0.0776. The largest absolute Gasteiger partial charge is 0.449 e. The summed E-state index contributed by atoms with van der Waals surface area (Å²) in [4.78, 5) is 45.8. The highest BCUT2D eigenvalue weighted by molar-refractivity contribution is 7.15. The Kier molecular flexibility index (Phi) is 4.30. The van der Waals surface area contributed by atoms with Gasteiger partial charge in [-0.1, -0.05) is 0 Å². The lowest BCUT2D eigenvalue weighted by Crippen LogP contribution is -2.55. The molecular weight excluding hydrogens is 422 g/mol. The monoisotopic (exact) mass is 445 g/mol. The molecule has 1 amide bonds. The molecule has 2 saturated heterocycles. The number of rotatable bonds is 5. The number of nitrogens with one attached hydrogen (secondary N) is 2. The predicted molar refractivity (Wildman–Crippen MR) is 111 cm³/mol. The number of ether oxygens (including phenoxy) is 2. The second-order valence-electron chi connectivity index (χ2n) is 8.21. The molecule has 4 heterocycles. The standard InChI is InChI=1S/C20H23N5O5S/c1-7-13(24-19-22-8(2)9(3)31-19)16(27)12-10(6-30-18(21)28)20(29-4)17-11(23-17)5-25(20)14(12)15(7)26/h10-11,17,23H,5-6H2,1-4H3,(H2,21,28)(H,22,24)/t10-,11+,17+,20-/m0/s1. The van der Waals surface area contributed by atoms with E-state index in [4.69, 9.17) is 15.2 Å². The van der Waals surface area contributed by atoms with Crippen molar-refractivity contribution in [3.05, 3.63) is 33.1 Å². The van der Waals surface area contributed by atoms with Crippen LogP contribution in [0.1, 0.15) is 17.5 Å². The lowest BCUT2D eigenvalue weighted by molar-refractivity contribution is -0.137. The van der Waals surface area contributed by atoms with Crippen molar-refractivity contribution in [1.29, 1.82) is 0 Å². The number of carbonyl (C=O) groups excluding carboxylic acids is 3. The number of thiazole rings is 1. The Morgan fingerprint density at radius 3 is 2.71 bits per heavy atom. The van der Waals surface area contributed by atoms with E-state index < -0.39 is 17.7 Å². The number of ketones is 2. The second-order valence-corrected chi connectivity index (χ2v) is 9.41. The van der Waals surface area contributed by atoms with Gasteiger partial charge in [0.2, 0.25) is 11.6 Å². The van der Waals surface area contributed by atoms with E-state index in [0.717, 1.165) is 10.6 Å². The highest BCUT2D eigenvalue weighted by Crippen LogP contribution is 2.55. The van der Waals surface area contributed by atoms with Crippen LogP contribution in [0.4, 0.5) is 9.93 Å². The summed E-state index contributed by atoms with van der Waals surface area (Å²) in [6, 6.07) is 0.0733. The van der Waals surface area contributed by atoms with Gasteiger partial charge in [0, 0.05) is 35.7 Å². The zero-order chi connectivity index (χ0) is 22.2. The SMILES string of the molecule is CO[C@@]12[C@@H]3N[C@@H]3CN1C1=C(C(=O)C(Nc3nc(C)c(C)s3)=C(C)C1=O)[C@@H]2COC(N)=O. The summed E-state index contributed by atoms with van der Waals surface area (Å²) >= 11 is 1.41. The average Bonchev–Trinajstić information content (AvgIpc) is 3.20. The number of piperazine rings is 1. The van der Waals surface area contributed by atoms with Crippen molar-refractivity contribution in [2.45, 2.75) is 38.6 Å². The summed E-state index contributed by atoms with van der Waals surface area (Å²) in [6.45, 7) is 5.83. The molecule has 3 aliphatic heterocycles. The van der Waals surface area contributed by atoms with E-state index in [1.165, 1.54) is 11.3 Å². The number of nitrogens with zero attached hydrogens (tertiary/aromatic N) is 2. The van der Waals surface area contributed by atoms with Crippen LogP contribution in [0.5, 0.6) is 0 Å². The van der Waals surface area contributed by atoms with E-state index in [2.05, 4.69) is 15.6 Å². The van der Waals surface area contributed by atoms with Gasteiger partial charge in [-0.15, -0.1) is 11.3 Å². The molecule has 1 aromatic rings.